The molecule has 1 spiro atoms. The van der Waals surface area contributed by atoms with Crippen molar-refractivity contribution in [2.45, 2.75) is 87.4 Å². The number of fused-ring (bicyclic) bond motifs is 3. The van der Waals surface area contributed by atoms with Crippen LogP contribution in [0.2, 0.25) is 0 Å². The van der Waals surface area contributed by atoms with Crippen LogP contribution in [0.4, 0.5) is 0 Å². The molecule has 210 valence electrons. The van der Waals surface area contributed by atoms with E-state index < -0.39 is 41.5 Å². The summed E-state index contributed by atoms with van der Waals surface area (Å²) in [5, 5.41) is 31.9. The highest BCUT2D eigenvalue weighted by molar-refractivity contribution is 5.80. The van der Waals surface area contributed by atoms with E-state index >= 15 is 0 Å². The number of aliphatic hydroxyl groups is 3. The van der Waals surface area contributed by atoms with E-state index in [1.807, 2.05) is 12.1 Å². The van der Waals surface area contributed by atoms with Crippen molar-refractivity contribution in [3.63, 3.8) is 0 Å². The van der Waals surface area contributed by atoms with Gasteiger partial charge < -0.3 is 39.0 Å². The highest BCUT2D eigenvalue weighted by atomic mass is 16.7. The fraction of sp³-hybridized carbons (Fsp3) is 0.679. The van der Waals surface area contributed by atoms with E-state index in [0.29, 0.717) is 17.3 Å². The van der Waals surface area contributed by atoms with Crippen LogP contribution in [0.15, 0.2) is 24.0 Å². The van der Waals surface area contributed by atoms with Gasteiger partial charge in [0.1, 0.15) is 5.76 Å². The molecular weight excluding hydrogens is 494 g/mol. The lowest BCUT2D eigenvalue weighted by Crippen LogP contribution is -2.50. The number of carbonyl (C=O) groups is 1. The predicted octanol–water partition coefficient (Wildman–Crippen LogP) is 1.98. The molecule has 2 unspecified atom stereocenters. The van der Waals surface area contributed by atoms with Crippen LogP contribution in [0.3, 0.4) is 0 Å². The molecule has 0 aromatic heterocycles. The number of rotatable bonds is 9. The third-order valence-corrected chi connectivity index (χ3v) is 8.51. The van der Waals surface area contributed by atoms with Crippen molar-refractivity contribution in [2.24, 2.45) is 0 Å². The second kappa shape index (κ2) is 9.98. The maximum atomic E-state index is 13.7. The van der Waals surface area contributed by atoms with Crippen LogP contribution in [0, 0.1) is 0 Å². The lowest BCUT2D eigenvalue weighted by atomic mass is 9.77. The zero-order valence-corrected chi connectivity index (χ0v) is 22.6. The number of aliphatic hydroxyl groups excluding tert-OH is 1. The summed E-state index contributed by atoms with van der Waals surface area (Å²) in [5.41, 5.74) is -1.51. The zero-order chi connectivity index (χ0) is 27.3. The first-order valence-electron chi connectivity index (χ1n) is 13.3. The van der Waals surface area contributed by atoms with E-state index in [2.05, 4.69) is 11.0 Å². The molecule has 3 heterocycles. The predicted molar refractivity (Wildman–Crippen MR) is 136 cm³/mol. The Morgan fingerprint density at radius 1 is 1.18 bits per heavy atom. The monoisotopic (exact) mass is 533 g/mol. The Hall–Kier alpha value is -2.37. The van der Waals surface area contributed by atoms with Gasteiger partial charge in [0, 0.05) is 20.1 Å². The molecule has 10 nitrogen and oxygen atoms in total. The molecule has 10 heteroatoms. The van der Waals surface area contributed by atoms with Gasteiger partial charge in [0.15, 0.2) is 29.5 Å². The summed E-state index contributed by atoms with van der Waals surface area (Å²) in [4.78, 5) is 16.2. The first kappa shape index (κ1) is 27.2. The number of methoxy groups -OCH3 is 2. The number of ether oxygens (including phenoxy) is 5. The molecule has 1 fully saturated rings. The molecule has 1 aromatic carbocycles. The summed E-state index contributed by atoms with van der Waals surface area (Å²) in [7, 11) is 2.85. The van der Waals surface area contributed by atoms with Gasteiger partial charge in [-0.05, 0) is 81.8 Å². The van der Waals surface area contributed by atoms with Gasteiger partial charge >= 0.3 is 5.97 Å². The Kier molecular flexibility index (Phi) is 7.15. The molecule has 3 aliphatic heterocycles. The van der Waals surface area contributed by atoms with Crippen LogP contribution in [0.1, 0.15) is 63.0 Å². The van der Waals surface area contributed by atoms with Crippen molar-refractivity contribution in [3.8, 4) is 11.5 Å². The quantitative estimate of drug-likeness (QED) is 0.320. The van der Waals surface area contributed by atoms with Crippen molar-refractivity contribution in [1.29, 1.82) is 0 Å². The first-order valence-corrected chi connectivity index (χ1v) is 13.3. The Bertz CT molecular complexity index is 1100. The average Bonchev–Trinajstić information content (AvgIpc) is 3.56. The molecule has 5 atom stereocenters. The third kappa shape index (κ3) is 4.77. The minimum atomic E-state index is -2.08. The number of nitrogens with zero attached hydrogens (tertiary/aromatic N) is 1. The first-order chi connectivity index (χ1) is 18.0. The molecule has 1 aliphatic carbocycles. The smallest absolute Gasteiger partial charge is 0.339 e. The normalized spacial score (nSPS) is 28.4. The fourth-order valence-electron chi connectivity index (χ4n) is 6.49. The molecule has 3 N–H and O–H groups in total. The second-order valence-electron chi connectivity index (χ2n) is 11.5. The third-order valence-electron chi connectivity index (χ3n) is 8.51. The molecule has 1 aromatic rings. The molecule has 38 heavy (non-hydrogen) atoms. The van der Waals surface area contributed by atoms with E-state index in [0.717, 1.165) is 43.5 Å². The maximum Gasteiger partial charge on any atom is 0.339 e. The van der Waals surface area contributed by atoms with Gasteiger partial charge in [0.05, 0.1) is 24.2 Å². The number of benzene rings is 1. The average molecular weight is 534 g/mol. The van der Waals surface area contributed by atoms with Gasteiger partial charge in [-0.15, -0.1) is 0 Å². The minimum Gasteiger partial charge on any atom is -0.497 e. The van der Waals surface area contributed by atoms with Gasteiger partial charge in [-0.2, -0.15) is 0 Å². The standard InChI is InChI=1S/C28H39NO9/c1-26(2,32)8-9-28(33,15-22(30)35-4)25(31)38-24-21(34-3)14-27-7-5-10-29(27)11-6-17-12-19-20(37-16-36-19)13-18(17)23(24)27/h12-14,22-24,30,32-33H,5-11,15-16H2,1-4H3/t22?,23-,24-,27+,28?/m1/s1. The zero-order valence-electron chi connectivity index (χ0n) is 22.6. The Morgan fingerprint density at radius 2 is 1.92 bits per heavy atom. The summed E-state index contributed by atoms with van der Waals surface area (Å²) >= 11 is 0. The summed E-state index contributed by atoms with van der Waals surface area (Å²) in [6, 6.07) is 4.01. The number of hydrogen-bond acceptors (Lipinski definition) is 10. The Balaban J connectivity index is 1.53. The van der Waals surface area contributed by atoms with E-state index in [1.165, 1.54) is 7.11 Å². The molecule has 1 saturated heterocycles. The summed E-state index contributed by atoms with van der Waals surface area (Å²) in [5.74, 6) is 0.714. The molecule has 5 rings (SSSR count). The van der Waals surface area contributed by atoms with Gasteiger partial charge in [-0.3, -0.25) is 4.90 Å². The second-order valence-corrected chi connectivity index (χ2v) is 11.5. The van der Waals surface area contributed by atoms with E-state index in [4.69, 9.17) is 23.7 Å². The molecule has 4 aliphatic rings. The lowest BCUT2D eigenvalue weighted by molar-refractivity contribution is -0.187. The lowest BCUT2D eigenvalue weighted by Gasteiger charge is -2.40. The molecule has 0 bridgehead atoms. The van der Waals surface area contributed by atoms with Crippen molar-refractivity contribution in [2.75, 3.05) is 34.1 Å². The SMILES string of the molecule is COC1=C[C@]23CCCN2CCc2cc4c(cc2[C@@H]3[C@@H]1OC(=O)C(O)(CCC(C)(C)O)CC(O)OC)OCO4. The van der Waals surface area contributed by atoms with Crippen LogP contribution < -0.4 is 9.47 Å². The fourth-order valence-corrected chi connectivity index (χ4v) is 6.49. The molecule has 0 amide bonds. The molecular formula is C28H39NO9. The van der Waals surface area contributed by atoms with Crippen molar-refractivity contribution in [3.05, 3.63) is 35.1 Å². The summed E-state index contributed by atoms with van der Waals surface area (Å²) in [6.45, 7) is 5.11. The van der Waals surface area contributed by atoms with Crippen LogP contribution >= 0.6 is 0 Å². The van der Waals surface area contributed by atoms with Crippen molar-refractivity contribution < 1.29 is 43.8 Å². The van der Waals surface area contributed by atoms with Gasteiger partial charge in [0.2, 0.25) is 6.79 Å². The highest BCUT2D eigenvalue weighted by Crippen LogP contribution is 2.55. The Labute approximate surface area is 223 Å². The van der Waals surface area contributed by atoms with Gasteiger partial charge in [0.25, 0.3) is 0 Å². The van der Waals surface area contributed by atoms with E-state index in [-0.39, 0.29) is 25.6 Å². The van der Waals surface area contributed by atoms with E-state index in [1.54, 1.807) is 21.0 Å². The van der Waals surface area contributed by atoms with Gasteiger partial charge in [-0.1, -0.05) is 0 Å². The van der Waals surface area contributed by atoms with Crippen molar-refractivity contribution >= 4 is 5.97 Å². The van der Waals surface area contributed by atoms with Crippen molar-refractivity contribution in [1.82, 2.24) is 4.90 Å². The highest BCUT2D eigenvalue weighted by Gasteiger charge is 2.59. The van der Waals surface area contributed by atoms with Crippen LogP contribution in [0.25, 0.3) is 0 Å². The van der Waals surface area contributed by atoms with Crippen LogP contribution in [-0.4, -0.2) is 89.4 Å². The van der Waals surface area contributed by atoms with Gasteiger partial charge in [-0.25, -0.2) is 4.79 Å². The minimum absolute atomic E-state index is 0.111. The van der Waals surface area contributed by atoms with E-state index in [9.17, 15) is 20.1 Å². The largest absolute Gasteiger partial charge is 0.497 e. The maximum absolute atomic E-state index is 13.7. The van der Waals surface area contributed by atoms with Crippen LogP contribution in [-0.2, 0) is 25.4 Å². The summed E-state index contributed by atoms with van der Waals surface area (Å²) < 4.78 is 28.3. The number of carbonyl (C=O) groups excluding carboxylic acids is 1. The topological polar surface area (TPSA) is 127 Å². The van der Waals surface area contributed by atoms with Crippen LogP contribution in [0.5, 0.6) is 11.5 Å². The number of esters is 1. The number of hydrogen-bond donors (Lipinski definition) is 3. The Morgan fingerprint density at radius 3 is 2.61 bits per heavy atom. The molecule has 0 radical (unpaired) electrons. The molecule has 0 saturated carbocycles. The summed E-state index contributed by atoms with van der Waals surface area (Å²) in [6.07, 6.45) is 2.18.